The van der Waals surface area contributed by atoms with Crippen molar-refractivity contribution in [2.24, 2.45) is 34.0 Å². The molecule has 3 aliphatic rings. The van der Waals surface area contributed by atoms with Gasteiger partial charge in [0.2, 0.25) is 0 Å². The van der Waals surface area contributed by atoms with Crippen molar-refractivity contribution in [2.75, 3.05) is 0 Å². The molecule has 0 aromatic carbocycles. The average Bonchev–Trinajstić information content (AvgIpc) is 2.62. The maximum absolute atomic E-state index is 11.4. The van der Waals surface area contributed by atoms with Crippen LogP contribution in [0, 0.1) is 34.0 Å². The van der Waals surface area contributed by atoms with E-state index in [-0.39, 0.29) is 5.41 Å². The Hall–Kier alpha value is -0.560. The summed E-state index contributed by atoms with van der Waals surface area (Å²) < 4.78 is 0. The molecule has 0 heterocycles. The molecule has 31 heavy (non-hydrogen) atoms. The van der Waals surface area contributed by atoms with Gasteiger partial charge in [0.25, 0.3) is 0 Å². The summed E-state index contributed by atoms with van der Waals surface area (Å²) in [6.07, 6.45) is 17.2. The minimum atomic E-state index is -0.510. The first-order chi connectivity index (χ1) is 14.3. The van der Waals surface area contributed by atoms with E-state index in [1.165, 1.54) is 68.9 Å². The van der Waals surface area contributed by atoms with Gasteiger partial charge in [-0.15, -0.1) is 0 Å². The fourth-order valence-electron chi connectivity index (χ4n) is 8.50. The quantitative estimate of drug-likeness (QED) is 0.419. The van der Waals surface area contributed by atoms with Crippen molar-refractivity contribution in [1.82, 2.24) is 0 Å². The Labute approximate surface area is 194 Å². The zero-order chi connectivity index (χ0) is 23.1. The molecular formula is C30H52O. The van der Waals surface area contributed by atoms with Crippen LogP contribution in [-0.4, -0.2) is 10.7 Å². The molecule has 0 unspecified atom stereocenters. The first-order valence-corrected chi connectivity index (χ1v) is 13.4. The Kier molecular flexibility index (Phi) is 7.28. The van der Waals surface area contributed by atoms with E-state index in [9.17, 15) is 5.11 Å². The van der Waals surface area contributed by atoms with Crippen LogP contribution in [0.25, 0.3) is 0 Å². The van der Waals surface area contributed by atoms with Crippen molar-refractivity contribution < 1.29 is 5.11 Å². The molecule has 0 spiro atoms. The van der Waals surface area contributed by atoms with Crippen LogP contribution in [0.2, 0.25) is 0 Å². The first-order valence-electron chi connectivity index (χ1n) is 13.4. The normalized spacial score (nSPS) is 40.5. The van der Waals surface area contributed by atoms with Crippen LogP contribution in [0.4, 0.5) is 0 Å². The van der Waals surface area contributed by atoms with Gasteiger partial charge in [0, 0.05) is 0 Å². The van der Waals surface area contributed by atoms with E-state index in [1.807, 2.05) is 0 Å². The van der Waals surface area contributed by atoms with E-state index in [2.05, 4.69) is 61.1 Å². The molecule has 1 N–H and O–H groups in total. The summed E-state index contributed by atoms with van der Waals surface area (Å²) in [5.41, 5.74) is 3.63. The van der Waals surface area contributed by atoms with Gasteiger partial charge in [-0.1, -0.05) is 64.8 Å². The number of hydrogen-bond acceptors (Lipinski definition) is 1. The Bertz CT molecular complexity index is 679. The Morgan fingerprint density at radius 2 is 1.65 bits per heavy atom. The molecule has 0 saturated heterocycles. The molecule has 1 heteroatoms. The molecule has 0 aromatic heterocycles. The molecule has 0 amide bonds. The highest BCUT2D eigenvalue weighted by Crippen LogP contribution is 2.62. The SMILES string of the molecule is C=C1CCCC(C)(C)[C@@H]1CC/C(C)=C\CC[C@@H]1[C@@]2(C)CCCC(C)(C)[C@@H]2CC[C@@]1(C)O. The van der Waals surface area contributed by atoms with Crippen molar-refractivity contribution >= 4 is 0 Å². The molecule has 1 nitrogen and oxygen atoms in total. The van der Waals surface area contributed by atoms with Crippen molar-refractivity contribution in [3.05, 3.63) is 23.8 Å². The van der Waals surface area contributed by atoms with Gasteiger partial charge >= 0.3 is 0 Å². The van der Waals surface area contributed by atoms with Crippen molar-refractivity contribution in [1.29, 1.82) is 0 Å². The summed E-state index contributed by atoms with van der Waals surface area (Å²) in [6.45, 7) is 21.2. The highest BCUT2D eigenvalue weighted by Gasteiger charge is 2.57. The molecule has 5 atom stereocenters. The first kappa shape index (κ1) is 25.1. The molecule has 0 aromatic rings. The third kappa shape index (κ3) is 5.18. The predicted molar refractivity (Wildman–Crippen MR) is 135 cm³/mol. The number of rotatable bonds is 6. The zero-order valence-electron chi connectivity index (χ0n) is 21.9. The van der Waals surface area contributed by atoms with Gasteiger partial charge in [-0.25, -0.2) is 0 Å². The Morgan fingerprint density at radius 1 is 0.968 bits per heavy atom. The van der Waals surface area contributed by atoms with Crippen LogP contribution in [0.1, 0.15) is 126 Å². The Balaban J connectivity index is 1.62. The minimum absolute atomic E-state index is 0.287. The van der Waals surface area contributed by atoms with Crippen LogP contribution in [0.3, 0.4) is 0 Å². The fourth-order valence-corrected chi connectivity index (χ4v) is 8.50. The standard InChI is InChI=1S/C30H52O/c1-22(15-16-24-23(2)13-10-18-27(24,3)4)12-9-14-26-29(7)20-11-19-28(5,6)25(29)17-21-30(26,8)31/h12,24-26,31H,2,9-11,13-21H2,1,3-8H3/b22-12-/t24-,25+,26-,29+,30-/m1/s1. The van der Waals surface area contributed by atoms with Gasteiger partial charge < -0.3 is 5.11 Å². The van der Waals surface area contributed by atoms with Crippen LogP contribution >= 0.6 is 0 Å². The number of aliphatic hydroxyl groups is 1. The molecule has 3 aliphatic carbocycles. The second-order valence-electron chi connectivity index (χ2n) is 13.6. The van der Waals surface area contributed by atoms with E-state index in [4.69, 9.17) is 0 Å². The molecule has 0 bridgehead atoms. The summed E-state index contributed by atoms with van der Waals surface area (Å²) in [5.74, 6) is 1.84. The number of fused-ring (bicyclic) bond motifs is 1. The van der Waals surface area contributed by atoms with E-state index >= 15 is 0 Å². The van der Waals surface area contributed by atoms with Crippen molar-refractivity contribution in [2.45, 2.75) is 131 Å². The van der Waals surface area contributed by atoms with Gasteiger partial charge in [0.05, 0.1) is 5.60 Å². The molecule has 3 rings (SSSR count). The van der Waals surface area contributed by atoms with E-state index in [0.717, 1.165) is 25.2 Å². The van der Waals surface area contributed by atoms with Gasteiger partial charge in [0.1, 0.15) is 0 Å². The summed E-state index contributed by atoms with van der Waals surface area (Å²) in [4.78, 5) is 0. The van der Waals surface area contributed by atoms with Crippen molar-refractivity contribution in [3.8, 4) is 0 Å². The van der Waals surface area contributed by atoms with E-state index in [0.29, 0.717) is 22.7 Å². The fraction of sp³-hybridized carbons (Fsp3) is 0.867. The summed E-state index contributed by atoms with van der Waals surface area (Å²) >= 11 is 0. The molecule has 3 fully saturated rings. The lowest BCUT2D eigenvalue weighted by Gasteiger charge is -2.61. The lowest BCUT2D eigenvalue weighted by Crippen LogP contribution is -2.57. The van der Waals surface area contributed by atoms with Crippen LogP contribution in [-0.2, 0) is 0 Å². The van der Waals surface area contributed by atoms with Gasteiger partial charge in [-0.3, -0.25) is 0 Å². The van der Waals surface area contributed by atoms with Gasteiger partial charge in [-0.05, 0) is 118 Å². The maximum atomic E-state index is 11.4. The van der Waals surface area contributed by atoms with Crippen LogP contribution < -0.4 is 0 Å². The minimum Gasteiger partial charge on any atom is -0.390 e. The zero-order valence-corrected chi connectivity index (χ0v) is 21.9. The average molecular weight is 429 g/mol. The number of hydrogen-bond donors (Lipinski definition) is 1. The lowest BCUT2D eigenvalue weighted by atomic mass is 9.45. The molecule has 3 saturated carbocycles. The third-order valence-electron chi connectivity index (χ3n) is 10.3. The highest BCUT2D eigenvalue weighted by molar-refractivity contribution is 5.12. The predicted octanol–water partition coefficient (Wildman–Crippen LogP) is 8.87. The molecule has 178 valence electrons. The van der Waals surface area contributed by atoms with Crippen molar-refractivity contribution in [3.63, 3.8) is 0 Å². The third-order valence-corrected chi connectivity index (χ3v) is 10.3. The van der Waals surface area contributed by atoms with Gasteiger partial charge in [-0.2, -0.15) is 0 Å². The smallest absolute Gasteiger partial charge is 0.0653 e. The largest absolute Gasteiger partial charge is 0.390 e. The molecule has 0 radical (unpaired) electrons. The number of allylic oxidation sites excluding steroid dienone is 3. The summed E-state index contributed by atoms with van der Waals surface area (Å²) in [5, 5.41) is 11.4. The summed E-state index contributed by atoms with van der Waals surface area (Å²) in [6, 6.07) is 0. The lowest BCUT2D eigenvalue weighted by molar-refractivity contribution is -0.168. The summed E-state index contributed by atoms with van der Waals surface area (Å²) in [7, 11) is 0. The monoisotopic (exact) mass is 428 g/mol. The van der Waals surface area contributed by atoms with E-state index in [1.54, 1.807) is 0 Å². The Morgan fingerprint density at radius 3 is 2.32 bits per heavy atom. The topological polar surface area (TPSA) is 20.2 Å². The second-order valence-corrected chi connectivity index (χ2v) is 13.6. The van der Waals surface area contributed by atoms with Crippen LogP contribution in [0.15, 0.2) is 23.8 Å². The van der Waals surface area contributed by atoms with E-state index < -0.39 is 5.60 Å². The second kappa shape index (κ2) is 9.00. The molecular weight excluding hydrogens is 376 g/mol. The van der Waals surface area contributed by atoms with Crippen LogP contribution in [0.5, 0.6) is 0 Å². The highest BCUT2D eigenvalue weighted by atomic mass is 16.3. The van der Waals surface area contributed by atoms with Gasteiger partial charge in [0.15, 0.2) is 0 Å². The maximum Gasteiger partial charge on any atom is 0.0653 e. The molecule has 0 aliphatic heterocycles.